The molecule has 0 fully saturated rings. The third kappa shape index (κ3) is 9.00. The highest BCUT2D eigenvalue weighted by Gasteiger charge is 1.89. The van der Waals surface area contributed by atoms with Crippen LogP contribution in [0, 0.1) is 0 Å². The van der Waals surface area contributed by atoms with Crippen LogP contribution in [0.4, 0.5) is 0 Å². The highest BCUT2D eigenvalue weighted by Crippen LogP contribution is 2.00. The quantitative estimate of drug-likeness (QED) is 0.360. The van der Waals surface area contributed by atoms with Crippen LogP contribution in [0.2, 0.25) is 0 Å². The van der Waals surface area contributed by atoms with Crippen LogP contribution in [-0.2, 0) is 16.1 Å². The molecule has 0 N–H and O–H groups in total. The highest BCUT2D eigenvalue weighted by atomic mass is 16.5. The summed E-state index contributed by atoms with van der Waals surface area (Å²) in [5.41, 5.74) is 1.20. The Labute approximate surface area is 116 Å². The van der Waals surface area contributed by atoms with Crippen molar-refractivity contribution in [3.8, 4) is 0 Å². The van der Waals surface area contributed by atoms with Gasteiger partial charge in [0.25, 0.3) is 0 Å². The summed E-state index contributed by atoms with van der Waals surface area (Å²) in [4.78, 5) is 0. The molecule has 0 amide bonds. The number of ether oxygens (including phenoxy) is 2. The zero-order valence-corrected chi connectivity index (χ0v) is 11.3. The monoisotopic (exact) mass is 258 g/mol. The molecule has 0 radical (unpaired) electrons. The minimum absolute atomic E-state index is 0.620. The van der Waals surface area contributed by atoms with Gasteiger partial charge in [-0.3, -0.25) is 0 Å². The van der Waals surface area contributed by atoms with Crippen molar-refractivity contribution in [2.75, 3.05) is 19.8 Å². The normalized spacial score (nSPS) is 11.4. The fourth-order valence-corrected chi connectivity index (χ4v) is 1.45. The number of allylic oxidation sites excluding steroid dienone is 2. The van der Waals surface area contributed by atoms with Crippen LogP contribution < -0.4 is 0 Å². The van der Waals surface area contributed by atoms with E-state index in [1.165, 1.54) is 5.56 Å². The van der Waals surface area contributed by atoms with Crippen LogP contribution in [0.5, 0.6) is 0 Å². The standard InChI is InChI=1S/C17H22O2/c1-2-3-4-8-13-18-14-9-10-15-19-16-17-11-6-5-7-12-17/h2-7,9-12H,1,8,13-16H2/b4-3+,10-9-. The van der Waals surface area contributed by atoms with Crippen LogP contribution in [0.1, 0.15) is 12.0 Å². The molecular weight excluding hydrogens is 236 g/mol. The maximum atomic E-state index is 5.51. The first-order valence-corrected chi connectivity index (χ1v) is 6.55. The van der Waals surface area contributed by atoms with E-state index in [0.29, 0.717) is 19.8 Å². The van der Waals surface area contributed by atoms with Crippen molar-refractivity contribution in [3.63, 3.8) is 0 Å². The van der Waals surface area contributed by atoms with Gasteiger partial charge < -0.3 is 9.47 Å². The lowest BCUT2D eigenvalue weighted by Gasteiger charge is -2.01. The second kappa shape index (κ2) is 11.5. The van der Waals surface area contributed by atoms with Crippen molar-refractivity contribution in [3.05, 3.63) is 72.9 Å². The maximum absolute atomic E-state index is 5.51. The van der Waals surface area contributed by atoms with Crippen LogP contribution >= 0.6 is 0 Å². The van der Waals surface area contributed by atoms with E-state index >= 15 is 0 Å². The molecule has 0 aliphatic rings. The summed E-state index contributed by atoms with van der Waals surface area (Å²) in [5.74, 6) is 0. The topological polar surface area (TPSA) is 18.5 Å². The van der Waals surface area contributed by atoms with Gasteiger partial charge in [-0.1, -0.05) is 67.3 Å². The highest BCUT2D eigenvalue weighted by molar-refractivity contribution is 5.13. The molecule has 19 heavy (non-hydrogen) atoms. The lowest BCUT2D eigenvalue weighted by Crippen LogP contribution is -1.95. The van der Waals surface area contributed by atoms with Gasteiger partial charge in [0.15, 0.2) is 0 Å². The summed E-state index contributed by atoms with van der Waals surface area (Å²) < 4.78 is 10.9. The summed E-state index contributed by atoms with van der Waals surface area (Å²) in [5, 5.41) is 0. The molecule has 2 heteroatoms. The number of rotatable bonds is 10. The van der Waals surface area contributed by atoms with Crippen molar-refractivity contribution in [1.82, 2.24) is 0 Å². The minimum Gasteiger partial charge on any atom is -0.377 e. The number of hydrogen-bond acceptors (Lipinski definition) is 2. The van der Waals surface area contributed by atoms with Gasteiger partial charge in [0.2, 0.25) is 0 Å². The van der Waals surface area contributed by atoms with Gasteiger partial charge in [-0.25, -0.2) is 0 Å². The molecule has 0 aliphatic heterocycles. The predicted molar refractivity (Wildman–Crippen MR) is 80.0 cm³/mol. The predicted octanol–water partition coefficient (Wildman–Crippen LogP) is 3.91. The molecule has 1 aromatic rings. The van der Waals surface area contributed by atoms with Gasteiger partial charge in [0, 0.05) is 0 Å². The Kier molecular flexibility index (Phi) is 9.29. The van der Waals surface area contributed by atoms with Crippen LogP contribution in [-0.4, -0.2) is 19.8 Å². The van der Waals surface area contributed by atoms with E-state index in [0.717, 1.165) is 13.0 Å². The van der Waals surface area contributed by atoms with Gasteiger partial charge >= 0.3 is 0 Å². The molecule has 1 rings (SSSR count). The Morgan fingerprint density at radius 2 is 1.68 bits per heavy atom. The van der Waals surface area contributed by atoms with E-state index in [9.17, 15) is 0 Å². The fourth-order valence-electron chi connectivity index (χ4n) is 1.45. The fraction of sp³-hybridized carbons (Fsp3) is 0.294. The number of benzene rings is 1. The molecule has 0 saturated carbocycles. The molecule has 0 bridgehead atoms. The zero-order valence-electron chi connectivity index (χ0n) is 11.3. The van der Waals surface area contributed by atoms with Gasteiger partial charge in [-0.05, 0) is 12.0 Å². The summed E-state index contributed by atoms with van der Waals surface area (Å²) in [6.45, 7) is 6.25. The summed E-state index contributed by atoms with van der Waals surface area (Å²) in [7, 11) is 0. The Hall–Kier alpha value is -1.64. The first-order chi connectivity index (χ1) is 9.43. The molecule has 0 atom stereocenters. The molecule has 0 aliphatic carbocycles. The smallest absolute Gasteiger partial charge is 0.0721 e. The lowest BCUT2D eigenvalue weighted by molar-refractivity contribution is 0.145. The third-order valence-corrected chi connectivity index (χ3v) is 2.41. The van der Waals surface area contributed by atoms with Gasteiger partial charge in [-0.15, -0.1) is 0 Å². The molecule has 0 aromatic heterocycles. The Bertz CT molecular complexity index is 380. The molecule has 0 heterocycles. The van der Waals surface area contributed by atoms with Gasteiger partial charge in [0.05, 0.1) is 26.4 Å². The van der Waals surface area contributed by atoms with Crippen LogP contribution in [0.3, 0.4) is 0 Å². The summed E-state index contributed by atoms with van der Waals surface area (Å²) in [6.07, 6.45) is 10.6. The average molecular weight is 258 g/mol. The van der Waals surface area contributed by atoms with E-state index in [-0.39, 0.29) is 0 Å². The molecule has 0 spiro atoms. The van der Waals surface area contributed by atoms with Crippen LogP contribution in [0.25, 0.3) is 0 Å². The molecule has 102 valence electrons. The minimum atomic E-state index is 0.620. The lowest BCUT2D eigenvalue weighted by atomic mass is 10.2. The van der Waals surface area contributed by atoms with Crippen molar-refractivity contribution >= 4 is 0 Å². The second-order valence-corrected chi connectivity index (χ2v) is 4.00. The van der Waals surface area contributed by atoms with E-state index in [2.05, 4.69) is 18.7 Å². The summed E-state index contributed by atoms with van der Waals surface area (Å²) >= 11 is 0. The average Bonchev–Trinajstić information content (AvgIpc) is 2.46. The first kappa shape index (κ1) is 15.4. The van der Waals surface area contributed by atoms with E-state index in [1.54, 1.807) is 6.08 Å². The van der Waals surface area contributed by atoms with Gasteiger partial charge in [0.1, 0.15) is 0 Å². The summed E-state index contributed by atoms with van der Waals surface area (Å²) in [6, 6.07) is 10.2. The van der Waals surface area contributed by atoms with E-state index in [4.69, 9.17) is 9.47 Å². The van der Waals surface area contributed by atoms with Crippen molar-refractivity contribution in [2.45, 2.75) is 13.0 Å². The van der Waals surface area contributed by atoms with Crippen LogP contribution in [0.15, 0.2) is 67.3 Å². The number of hydrogen-bond donors (Lipinski definition) is 0. The van der Waals surface area contributed by atoms with Crippen molar-refractivity contribution < 1.29 is 9.47 Å². The van der Waals surface area contributed by atoms with Crippen molar-refractivity contribution in [2.24, 2.45) is 0 Å². The third-order valence-electron chi connectivity index (χ3n) is 2.41. The zero-order chi connectivity index (χ0) is 13.6. The second-order valence-electron chi connectivity index (χ2n) is 4.00. The molecule has 0 unspecified atom stereocenters. The first-order valence-electron chi connectivity index (χ1n) is 6.55. The van der Waals surface area contributed by atoms with E-state index in [1.807, 2.05) is 42.5 Å². The van der Waals surface area contributed by atoms with Crippen molar-refractivity contribution in [1.29, 1.82) is 0 Å². The SMILES string of the molecule is C=C/C=C/CCOC/C=C\COCc1ccccc1. The van der Waals surface area contributed by atoms with E-state index < -0.39 is 0 Å². The van der Waals surface area contributed by atoms with Gasteiger partial charge in [-0.2, -0.15) is 0 Å². The Morgan fingerprint density at radius 1 is 0.947 bits per heavy atom. The Morgan fingerprint density at radius 3 is 2.42 bits per heavy atom. The molecule has 1 aromatic carbocycles. The Balaban J connectivity index is 1.93. The molecular formula is C17H22O2. The molecule has 2 nitrogen and oxygen atoms in total. The maximum Gasteiger partial charge on any atom is 0.0721 e. The molecule has 0 saturated heterocycles. The largest absolute Gasteiger partial charge is 0.377 e.